The van der Waals surface area contributed by atoms with E-state index >= 15 is 0 Å². The Morgan fingerprint density at radius 2 is 2.07 bits per heavy atom. The summed E-state index contributed by atoms with van der Waals surface area (Å²) < 4.78 is 5.76. The molecule has 1 aromatic carbocycles. The maximum absolute atomic E-state index is 5.76. The average molecular weight is 500 g/mol. The summed E-state index contributed by atoms with van der Waals surface area (Å²) in [5.41, 5.74) is 1.11. The lowest BCUT2D eigenvalue weighted by Gasteiger charge is -2.24. The number of aliphatic imine (C=N–C) groups is 1. The van der Waals surface area contributed by atoms with Crippen molar-refractivity contribution in [1.29, 1.82) is 0 Å². The van der Waals surface area contributed by atoms with E-state index in [9.17, 15) is 0 Å². The highest BCUT2D eigenvalue weighted by atomic mass is 127. The van der Waals surface area contributed by atoms with Crippen LogP contribution < -0.4 is 10.1 Å². The number of hydrogen-bond donors (Lipinski definition) is 1. The Morgan fingerprint density at radius 1 is 1.32 bits per heavy atom. The highest BCUT2D eigenvalue weighted by Gasteiger charge is 2.25. The minimum absolute atomic E-state index is 0. The second kappa shape index (κ2) is 13.8. The molecule has 0 spiro atoms. The summed E-state index contributed by atoms with van der Waals surface area (Å²) in [7, 11) is 0. The van der Waals surface area contributed by atoms with E-state index in [0.29, 0.717) is 13.2 Å². The van der Waals surface area contributed by atoms with Crippen LogP contribution in [0.3, 0.4) is 0 Å². The fourth-order valence-corrected chi connectivity index (χ4v) is 3.53. The Labute approximate surface area is 188 Å². The Hall–Kier alpha value is -1.28. The van der Waals surface area contributed by atoms with Gasteiger partial charge in [0, 0.05) is 31.7 Å². The Morgan fingerprint density at radius 3 is 2.75 bits per heavy atom. The second-order valence-electron chi connectivity index (χ2n) is 6.96. The zero-order valence-corrected chi connectivity index (χ0v) is 20.0. The van der Waals surface area contributed by atoms with E-state index in [1.807, 2.05) is 18.2 Å². The SMILES string of the molecule is C=CCOc1ccccc1CN=C(NCC)N1CCC(CN(CC)CC)C1.I. The van der Waals surface area contributed by atoms with Crippen LogP contribution in [0.1, 0.15) is 32.8 Å². The molecule has 6 heteroatoms. The van der Waals surface area contributed by atoms with Crippen molar-refractivity contribution in [2.45, 2.75) is 33.7 Å². The molecule has 1 N–H and O–H groups in total. The molecule has 0 aromatic heterocycles. The standard InChI is InChI=1S/C22H36N4O.HI/c1-5-15-27-21-12-10-9-11-20(21)16-24-22(23-6-2)26-14-13-19(18-26)17-25(7-3)8-4;/h5,9-12,19H,1,6-8,13-18H2,2-4H3,(H,23,24);1H. The van der Waals surface area contributed by atoms with E-state index in [1.165, 1.54) is 13.0 Å². The number of para-hydroxylation sites is 1. The van der Waals surface area contributed by atoms with Crippen molar-refractivity contribution in [2.75, 3.05) is 45.9 Å². The molecule has 5 nitrogen and oxygen atoms in total. The fourth-order valence-electron chi connectivity index (χ4n) is 3.53. The summed E-state index contributed by atoms with van der Waals surface area (Å²) in [6, 6.07) is 8.11. The van der Waals surface area contributed by atoms with Crippen LogP contribution >= 0.6 is 24.0 Å². The molecular formula is C22H37IN4O. The molecule has 1 aliphatic heterocycles. The third kappa shape index (κ3) is 7.62. The first-order valence-electron chi connectivity index (χ1n) is 10.3. The average Bonchev–Trinajstić information content (AvgIpc) is 3.16. The molecule has 1 aliphatic rings. The van der Waals surface area contributed by atoms with Crippen LogP contribution in [0.25, 0.3) is 0 Å². The van der Waals surface area contributed by atoms with Crippen molar-refractivity contribution in [3.8, 4) is 5.75 Å². The van der Waals surface area contributed by atoms with Crippen molar-refractivity contribution in [3.63, 3.8) is 0 Å². The first-order chi connectivity index (χ1) is 13.2. The third-order valence-corrected chi connectivity index (χ3v) is 5.06. The summed E-state index contributed by atoms with van der Waals surface area (Å²) >= 11 is 0. The van der Waals surface area contributed by atoms with Gasteiger partial charge in [0.25, 0.3) is 0 Å². The Balaban J connectivity index is 0.00000392. The highest BCUT2D eigenvalue weighted by Crippen LogP contribution is 2.21. The Kier molecular flexibility index (Phi) is 12.2. The van der Waals surface area contributed by atoms with Crippen molar-refractivity contribution >= 4 is 29.9 Å². The van der Waals surface area contributed by atoms with E-state index < -0.39 is 0 Å². The van der Waals surface area contributed by atoms with Gasteiger partial charge < -0.3 is 19.9 Å². The van der Waals surface area contributed by atoms with E-state index in [-0.39, 0.29) is 24.0 Å². The zero-order chi connectivity index (χ0) is 19.5. The predicted molar refractivity (Wildman–Crippen MR) is 130 cm³/mol. The van der Waals surface area contributed by atoms with Gasteiger partial charge in [-0.2, -0.15) is 0 Å². The lowest BCUT2D eigenvalue weighted by molar-refractivity contribution is 0.255. The topological polar surface area (TPSA) is 40.1 Å². The number of benzene rings is 1. The van der Waals surface area contributed by atoms with Crippen LogP contribution in [-0.2, 0) is 6.54 Å². The largest absolute Gasteiger partial charge is 0.489 e. The van der Waals surface area contributed by atoms with Crippen LogP contribution in [0.15, 0.2) is 41.9 Å². The van der Waals surface area contributed by atoms with E-state index in [2.05, 4.69) is 48.5 Å². The molecule has 0 amide bonds. The van der Waals surface area contributed by atoms with Crippen molar-refractivity contribution in [1.82, 2.24) is 15.1 Å². The quantitative estimate of drug-likeness (QED) is 0.228. The van der Waals surface area contributed by atoms with Crippen LogP contribution in [0, 0.1) is 5.92 Å². The highest BCUT2D eigenvalue weighted by molar-refractivity contribution is 14.0. The molecule has 1 atom stereocenters. The van der Waals surface area contributed by atoms with Gasteiger partial charge in [0.15, 0.2) is 5.96 Å². The summed E-state index contributed by atoms with van der Waals surface area (Å²) in [6.45, 7) is 17.9. The lowest BCUT2D eigenvalue weighted by atomic mass is 10.1. The molecular weight excluding hydrogens is 463 g/mol. The van der Waals surface area contributed by atoms with Crippen LogP contribution in [0.5, 0.6) is 5.75 Å². The van der Waals surface area contributed by atoms with E-state index in [4.69, 9.17) is 9.73 Å². The molecule has 1 heterocycles. The molecule has 0 radical (unpaired) electrons. The molecule has 1 aromatic rings. The van der Waals surface area contributed by atoms with Gasteiger partial charge in [0.2, 0.25) is 0 Å². The van der Waals surface area contributed by atoms with Gasteiger partial charge in [-0.3, -0.25) is 0 Å². The van der Waals surface area contributed by atoms with E-state index in [0.717, 1.165) is 55.9 Å². The van der Waals surface area contributed by atoms with Gasteiger partial charge >= 0.3 is 0 Å². The number of nitrogens with zero attached hydrogens (tertiary/aromatic N) is 3. The zero-order valence-electron chi connectivity index (χ0n) is 17.7. The minimum atomic E-state index is 0. The summed E-state index contributed by atoms with van der Waals surface area (Å²) in [5, 5.41) is 3.46. The van der Waals surface area contributed by atoms with Gasteiger partial charge in [0.1, 0.15) is 12.4 Å². The summed E-state index contributed by atoms with van der Waals surface area (Å²) in [5.74, 6) is 2.62. The number of halogens is 1. The number of hydrogen-bond acceptors (Lipinski definition) is 3. The molecule has 0 saturated carbocycles. The minimum Gasteiger partial charge on any atom is -0.489 e. The van der Waals surface area contributed by atoms with Gasteiger partial charge in [-0.15, -0.1) is 24.0 Å². The van der Waals surface area contributed by atoms with Crippen molar-refractivity contribution in [3.05, 3.63) is 42.5 Å². The van der Waals surface area contributed by atoms with Crippen molar-refractivity contribution < 1.29 is 4.74 Å². The first kappa shape index (κ1) is 24.8. The number of guanidine groups is 1. The van der Waals surface area contributed by atoms with Crippen molar-refractivity contribution in [2.24, 2.45) is 10.9 Å². The molecule has 1 unspecified atom stereocenters. The summed E-state index contributed by atoms with van der Waals surface area (Å²) in [6.07, 6.45) is 3.00. The molecule has 1 fully saturated rings. The Bertz CT molecular complexity index is 604. The molecule has 28 heavy (non-hydrogen) atoms. The second-order valence-corrected chi connectivity index (χ2v) is 6.96. The maximum atomic E-state index is 5.76. The van der Waals surface area contributed by atoms with Crippen LogP contribution in [0.2, 0.25) is 0 Å². The van der Waals surface area contributed by atoms with Crippen LogP contribution in [0.4, 0.5) is 0 Å². The number of likely N-dealkylation sites (tertiary alicyclic amines) is 1. The number of rotatable bonds is 10. The molecule has 0 bridgehead atoms. The summed E-state index contributed by atoms with van der Waals surface area (Å²) in [4.78, 5) is 9.83. The molecule has 0 aliphatic carbocycles. The fraction of sp³-hybridized carbons (Fsp3) is 0.591. The molecule has 158 valence electrons. The van der Waals surface area contributed by atoms with Gasteiger partial charge in [0.05, 0.1) is 6.54 Å². The predicted octanol–water partition coefficient (Wildman–Crippen LogP) is 4.00. The number of nitrogens with one attached hydrogen (secondary N) is 1. The van der Waals surface area contributed by atoms with E-state index in [1.54, 1.807) is 6.08 Å². The van der Waals surface area contributed by atoms with Gasteiger partial charge in [-0.1, -0.05) is 44.7 Å². The molecule has 1 saturated heterocycles. The monoisotopic (exact) mass is 500 g/mol. The lowest BCUT2D eigenvalue weighted by Crippen LogP contribution is -2.40. The normalized spacial score (nSPS) is 16.8. The van der Waals surface area contributed by atoms with Gasteiger partial charge in [-0.05, 0) is 38.4 Å². The van der Waals surface area contributed by atoms with Crippen LogP contribution in [-0.4, -0.2) is 61.6 Å². The first-order valence-corrected chi connectivity index (χ1v) is 10.3. The maximum Gasteiger partial charge on any atom is 0.194 e. The van der Waals surface area contributed by atoms with Gasteiger partial charge in [-0.25, -0.2) is 4.99 Å². The smallest absolute Gasteiger partial charge is 0.194 e. The number of ether oxygens (including phenoxy) is 1. The third-order valence-electron chi connectivity index (χ3n) is 5.06. The molecule has 2 rings (SSSR count).